The van der Waals surface area contributed by atoms with Crippen molar-refractivity contribution in [1.29, 1.82) is 0 Å². The van der Waals surface area contributed by atoms with Crippen molar-refractivity contribution >= 4 is 23.9 Å². The molecule has 0 bridgehead atoms. The fraction of sp³-hybridized carbons (Fsp3) is 0.818. The lowest BCUT2D eigenvalue weighted by molar-refractivity contribution is -0.406. The van der Waals surface area contributed by atoms with Crippen LogP contribution in [0.15, 0.2) is 0 Å². The third-order valence-electron chi connectivity index (χ3n) is 5.34. The second-order valence-electron chi connectivity index (χ2n) is 9.48. The Kier molecular flexibility index (Phi) is 11.3. The van der Waals surface area contributed by atoms with Gasteiger partial charge in [0.1, 0.15) is 0 Å². The Bertz CT molecular complexity index is 659. The molecule has 3 atom stereocenters. The van der Waals surface area contributed by atoms with E-state index in [9.17, 15) is 19.2 Å². The minimum absolute atomic E-state index is 0.113. The SMILES string of the molecule is COC(=O)CCC(OOC(C(=O)OC)(C(CC(=O)OC)C(C)(C)C)C(C)(C)C)C(=O)OC. The van der Waals surface area contributed by atoms with Gasteiger partial charge in [0, 0.05) is 17.8 Å². The summed E-state index contributed by atoms with van der Waals surface area (Å²) < 4.78 is 19.3. The minimum atomic E-state index is -1.83. The van der Waals surface area contributed by atoms with Crippen LogP contribution in [0.4, 0.5) is 0 Å². The number of hydrogen-bond acceptors (Lipinski definition) is 10. The summed E-state index contributed by atoms with van der Waals surface area (Å²) in [4.78, 5) is 60.5. The fourth-order valence-electron chi connectivity index (χ4n) is 3.47. The smallest absolute Gasteiger partial charge is 0.342 e. The van der Waals surface area contributed by atoms with Gasteiger partial charge >= 0.3 is 23.9 Å². The van der Waals surface area contributed by atoms with Gasteiger partial charge in [-0.05, 0) is 11.8 Å². The quantitative estimate of drug-likeness (QED) is 0.196. The van der Waals surface area contributed by atoms with Crippen LogP contribution in [0.2, 0.25) is 0 Å². The van der Waals surface area contributed by atoms with Crippen molar-refractivity contribution in [2.24, 2.45) is 16.7 Å². The van der Waals surface area contributed by atoms with Gasteiger partial charge < -0.3 is 18.9 Å². The third-order valence-corrected chi connectivity index (χ3v) is 5.34. The van der Waals surface area contributed by atoms with E-state index in [1.54, 1.807) is 20.8 Å². The summed E-state index contributed by atoms with van der Waals surface area (Å²) in [6.45, 7) is 10.7. The molecule has 0 aliphatic rings. The first-order valence-corrected chi connectivity index (χ1v) is 10.3. The van der Waals surface area contributed by atoms with Crippen LogP contribution in [0.3, 0.4) is 0 Å². The molecule has 32 heavy (non-hydrogen) atoms. The Morgan fingerprint density at radius 2 is 1.28 bits per heavy atom. The molecule has 10 heteroatoms. The van der Waals surface area contributed by atoms with Crippen LogP contribution in [-0.2, 0) is 47.9 Å². The van der Waals surface area contributed by atoms with Gasteiger partial charge in [-0.3, -0.25) is 9.59 Å². The molecule has 0 saturated carbocycles. The Morgan fingerprint density at radius 1 is 0.750 bits per heavy atom. The third kappa shape index (κ3) is 7.44. The highest BCUT2D eigenvalue weighted by molar-refractivity contribution is 5.83. The van der Waals surface area contributed by atoms with Gasteiger partial charge in [0.2, 0.25) is 5.60 Å². The molecule has 0 aliphatic heterocycles. The molecule has 0 aromatic carbocycles. The zero-order valence-corrected chi connectivity index (χ0v) is 20.9. The molecule has 0 rings (SSSR count). The van der Waals surface area contributed by atoms with E-state index in [1.807, 2.05) is 20.8 Å². The maximum atomic E-state index is 13.2. The standard InChI is InChI=1S/C22H38O10/c1-20(2,3)15(13-17(24)28-8)22(19(26)30-10,21(4,5)6)32-31-14(18(25)29-9)11-12-16(23)27-7/h14-15H,11-13H2,1-10H3. The Hall–Kier alpha value is -2.20. The maximum absolute atomic E-state index is 13.2. The summed E-state index contributed by atoms with van der Waals surface area (Å²) in [5.41, 5.74) is -3.45. The number of carbonyl (C=O) groups is 4. The summed E-state index contributed by atoms with van der Waals surface area (Å²) in [7, 11) is 4.81. The molecule has 0 N–H and O–H groups in total. The molecule has 10 nitrogen and oxygen atoms in total. The van der Waals surface area contributed by atoms with Gasteiger partial charge in [0.05, 0.1) is 34.9 Å². The highest BCUT2D eigenvalue weighted by Crippen LogP contribution is 2.50. The van der Waals surface area contributed by atoms with Crippen molar-refractivity contribution in [3.8, 4) is 0 Å². The summed E-state index contributed by atoms with van der Waals surface area (Å²) in [6, 6.07) is 0. The Morgan fingerprint density at radius 3 is 1.66 bits per heavy atom. The molecule has 186 valence electrons. The monoisotopic (exact) mass is 462 g/mol. The van der Waals surface area contributed by atoms with E-state index in [0.29, 0.717) is 0 Å². The molecule has 0 aliphatic carbocycles. The first-order chi connectivity index (χ1) is 14.6. The molecular weight excluding hydrogens is 424 g/mol. The fourth-order valence-corrected chi connectivity index (χ4v) is 3.47. The molecule has 0 aromatic heterocycles. The lowest BCUT2D eigenvalue weighted by Gasteiger charge is -2.49. The lowest BCUT2D eigenvalue weighted by atomic mass is 9.60. The van der Waals surface area contributed by atoms with Crippen LogP contribution in [0.5, 0.6) is 0 Å². The molecule has 0 amide bonds. The normalized spacial score (nSPS) is 15.7. The zero-order chi connectivity index (χ0) is 25.3. The number of hydrogen-bond donors (Lipinski definition) is 0. The first kappa shape index (κ1) is 29.8. The predicted molar refractivity (Wildman–Crippen MR) is 113 cm³/mol. The molecule has 0 saturated heterocycles. The number of ether oxygens (including phenoxy) is 4. The van der Waals surface area contributed by atoms with Crippen LogP contribution in [0, 0.1) is 16.7 Å². The largest absolute Gasteiger partial charge is 0.469 e. The van der Waals surface area contributed by atoms with Crippen molar-refractivity contribution in [2.45, 2.75) is 72.5 Å². The van der Waals surface area contributed by atoms with Crippen LogP contribution >= 0.6 is 0 Å². The van der Waals surface area contributed by atoms with Gasteiger partial charge in [-0.2, -0.15) is 0 Å². The Balaban J connectivity index is 6.43. The average Bonchev–Trinajstić information content (AvgIpc) is 2.71. The van der Waals surface area contributed by atoms with Crippen LogP contribution in [0.1, 0.15) is 60.8 Å². The van der Waals surface area contributed by atoms with Gasteiger partial charge in [-0.15, -0.1) is 0 Å². The van der Waals surface area contributed by atoms with Crippen LogP contribution < -0.4 is 0 Å². The van der Waals surface area contributed by atoms with Crippen molar-refractivity contribution in [2.75, 3.05) is 28.4 Å². The van der Waals surface area contributed by atoms with Gasteiger partial charge in [-0.1, -0.05) is 41.5 Å². The van der Waals surface area contributed by atoms with Crippen molar-refractivity contribution in [3.05, 3.63) is 0 Å². The van der Waals surface area contributed by atoms with Crippen molar-refractivity contribution < 1.29 is 47.9 Å². The number of esters is 4. The van der Waals surface area contributed by atoms with Crippen molar-refractivity contribution in [3.63, 3.8) is 0 Å². The van der Waals surface area contributed by atoms with E-state index in [-0.39, 0.29) is 19.3 Å². The summed E-state index contributed by atoms with van der Waals surface area (Å²) in [5.74, 6) is -3.49. The van der Waals surface area contributed by atoms with E-state index >= 15 is 0 Å². The zero-order valence-electron chi connectivity index (χ0n) is 20.9. The molecule has 0 aromatic rings. The average molecular weight is 463 g/mol. The number of methoxy groups -OCH3 is 4. The molecule has 0 heterocycles. The number of carbonyl (C=O) groups excluding carboxylic acids is 4. The second-order valence-corrected chi connectivity index (χ2v) is 9.48. The van der Waals surface area contributed by atoms with Crippen LogP contribution in [0.25, 0.3) is 0 Å². The molecular formula is C22H38O10. The van der Waals surface area contributed by atoms with E-state index in [4.69, 9.17) is 24.0 Å². The second kappa shape index (κ2) is 12.2. The van der Waals surface area contributed by atoms with Gasteiger partial charge in [0.15, 0.2) is 6.10 Å². The van der Waals surface area contributed by atoms with E-state index < -0.39 is 52.3 Å². The Labute approximate surface area is 190 Å². The summed E-state index contributed by atoms with van der Waals surface area (Å²) >= 11 is 0. The maximum Gasteiger partial charge on any atom is 0.342 e. The highest BCUT2D eigenvalue weighted by Gasteiger charge is 2.62. The van der Waals surface area contributed by atoms with E-state index in [1.165, 1.54) is 21.3 Å². The van der Waals surface area contributed by atoms with Crippen LogP contribution in [-0.4, -0.2) is 64.0 Å². The van der Waals surface area contributed by atoms with Gasteiger partial charge in [-0.25, -0.2) is 19.4 Å². The highest BCUT2D eigenvalue weighted by atomic mass is 17.2. The molecule has 0 fully saturated rings. The summed E-state index contributed by atoms with van der Waals surface area (Å²) in [5, 5.41) is 0. The summed E-state index contributed by atoms with van der Waals surface area (Å²) in [6.07, 6.45) is -1.77. The molecule has 0 radical (unpaired) electrons. The van der Waals surface area contributed by atoms with Gasteiger partial charge in [0.25, 0.3) is 0 Å². The topological polar surface area (TPSA) is 124 Å². The van der Waals surface area contributed by atoms with Crippen molar-refractivity contribution in [1.82, 2.24) is 0 Å². The minimum Gasteiger partial charge on any atom is -0.469 e. The van der Waals surface area contributed by atoms with E-state index in [2.05, 4.69) is 4.74 Å². The first-order valence-electron chi connectivity index (χ1n) is 10.3. The lowest BCUT2D eigenvalue weighted by Crippen LogP contribution is -2.62. The number of rotatable bonds is 11. The molecule has 3 unspecified atom stereocenters. The molecule has 0 spiro atoms. The predicted octanol–water partition coefficient (Wildman–Crippen LogP) is 2.61. The van der Waals surface area contributed by atoms with E-state index in [0.717, 1.165) is 7.11 Å².